The average Bonchev–Trinajstić information content (AvgIpc) is 2.62. The van der Waals surface area contributed by atoms with Crippen molar-refractivity contribution in [2.45, 2.75) is 97.0 Å². The minimum absolute atomic E-state index is 0.000977. The van der Waals surface area contributed by atoms with Crippen LogP contribution < -0.4 is 0 Å². The first-order valence-electron chi connectivity index (χ1n) is 10.0. The van der Waals surface area contributed by atoms with Gasteiger partial charge in [-0.15, -0.1) is 4.91 Å². The molecule has 0 radical (unpaired) electrons. The summed E-state index contributed by atoms with van der Waals surface area (Å²) in [6, 6.07) is 0. The molecule has 6 heteroatoms. The molecule has 0 rings (SSSR count). The van der Waals surface area contributed by atoms with E-state index >= 15 is 0 Å². The largest absolute Gasteiger partial charge is 0.376 e. The molecule has 150 valence electrons. The van der Waals surface area contributed by atoms with E-state index in [4.69, 9.17) is 14.2 Å². The fourth-order valence-electron chi connectivity index (χ4n) is 2.82. The molecule has 0 aliphatic heterocycles. The number of hydrogen-bond donors (Lipinski definition) is 1. The van der Waals surface area contributed by atoms with Crippen LogP contribution in [0.1, 0.15) is 85.0 Å². The van der Waals surface area contributed by atoms with E-state index in [-0.39, 0.29) is 6.61 Å². The summed E-state index contributed by atoms with van der Waals surface area (Å²) < 4.78 is 16.5. The van der Waals surface area contributed by atoms with Crippen molar-refractivity contribution in [3.8, 4) is 0 Å². The lowest BCUT2D eigenvalue weighted by Gasteiger charge is -2.33. The van der Waals surface area contributed by atoms with Crippen LogP contribution in [-0.2, 0) is 14.2 Å². The third kappa shape index (κ3) is 11.6. The summed E-state index contributed by atoms with van der Waals surface area (Å²) >= 11 is 0. The Kier molecular flexibility index (Phi) is 16.5. The number of aliphatic hydroxyl groups is 1. The lowest BCUT2D eigenvalue weighted by atomic mass is 10.1. The number of unbranched alkanes of at least 4 members (excludes halogenated alkanes) is 9. The van der Waals surface area contributed by atoms with Crippen molar-refractivity contribution in [1.29, 1.82) is 0 Å². The molecule has 1 N–H and O–H groups in total. The van der Waals surface area contributed by atoms with Crippen molar-refractivity contribution in [2.75, 3.05) is 26.4 Å². The molecule has 0 saturated carbocycles. The van der Waals surface area contributed by atoms with Crippen molar-refractivity contribution in [1.82, 2.24) is 0 Å². The van der Waals surface area contributed by atoms with Crippen molar-refractivity contribution in [2.24, 2.45) is 5.18 Å². The number of ether oxygens (including phenoxy) is 3. The highest BCUT2D eigenvalue weighted by Crippen LogP contribution is 2.21. The molecule has 0 fully saturated rings. The zero-order valence-electron chi connectivity index (χ0n) is 16.5. The molecule has 0 saturated heterocycles. The Labute approximate surface area is 153 Å². The number of nitrogens with zero attached hydrogens (tertiary/aromatic N) is 1. The van der Waals surface area contributed by atoms with Crippen LogP contribution in [0.4, 0.5) is 0 Å². The van der Waals surface area contributed by atoms with Crippen LogP contribution in [0.5, 0.6) is 0 Å². The number of rotatable bonds is 19. The lowest BCUT2D eigenvalue weighted by molar-refractivity contribution is -0.298. The molecule has 0 aromatic carbocycles. The molecule has 0 spiro atoms. The molecule has 6 nitrogen and oxygen atoms in total. The summed E-state index contributed by atoms with van der Waals surface area (Å²) in [4.78, 5) is 10.7. The van der Waals surface area contributed by atoms with Gasteiger partial charge in [-0.3, -0.25) is 0 Å². The maximum atomic E-state index is 10.7. The van der Waals surface area contributed by atoms with E-state index < -0.39 is 12.0 Å². The van der Waals surface area contributed by atoms with E-state index in [1.54, 1.807) is 13.8 Å². The quantitative estimate of drug-likeness (QED) is 0.203. The van der Waals surface area contributed by atoms with Crippen molar-refractivity contribution in [3.63, 3.8) is 0 Å². The van der Waals surface area contributed by atoms with Gasteiger partial charge in [0.05, 0.1) is 0 Å². The Morgan fingerprint density at radius 1 is 0.840 bits per heavy atom. The molecular weight excluding hydrogens is 322 g/mol. The molecule has 0 aromatic heterocycles. The summed E-state index contributed by atoms with van der Waals surface area (Å²) in [5.74, 6) is -1.50. The SMILES string of the molecule is CCCCCCCCCCCCOCC(OCC)(OCC)C(O)N=O. The summed E-state index contributed by atoms with van der Waals surface area (Å²) in [6.45, 7) is 6.94. The van der Waals surface area contributed by atoms with Crippen molar-refractivity contribution in [3.05, 3.63) is 4.91 Å². The average molecular weight is 362 g/mol. The second-order valence-electron chi connectivity index (χ2n) is 6.39. The van der Waals surface area contributed by atoms with Gasteiger partial charge in [0.1, 0.15) is 6.61 Å². The normalized spacial score (nSPS) is 13.1. The van der Waals surface area contributed by atoms with Gasteiger partial charge in [-0.05, 0) is 25.4 Å². The first-order chi connectivity index (χ1) is 12.2. The highest BCUT2D eigenvalue weighted by molar-refractivity contribution is 4.77. The van der Waals surface area contributed by atoms with Crippen LogP contribution in [0.15, 0.2) is 5.18 Å². The summed E-state index contributed by atoms with van der Waals surface area (Å²) in [5.41, 5.74) is 0. The first-order valence-corrected chi connectivity index (χ1v) is 10.0. The second kappa shape index (κ2) is 16.9. The third-order valence-electron chi connectivity index (χ3n) is 4.22. The Morgan fingerprint density at radius 2 is 1.32 bits per heavy atom. The number of nitroso groups, excluding NO2 is 1. The fourth-order valence-corrected chi connectivity index (χ4v) is 2.82. The predicted octanol–water partition coefficient (Wildman–Crippen LogP) is 4.78. The molecule has 0 bridgehead atoms. The molecule has 1 atom stereocenters. The van der Waals surface area contributed by atoms with Crippen LogP contribution in [0, 0.1) is 4.91 Å². The standard InChI is InChI=1S/C19H39NO5/c1-4-7-8-9-10-11-12-13-14-15-16-23-17-19(24-5-2,25-6-3)18(21)20-22/h18,21H,4-17H2,1-3H3. The van der Waals surface area contributed by atoms with Gasteiger partial charge in [-0.2, -0.15) is 0 Å². The van der Waals surface area contributed by atoms with E-state index in [2.05, 4.69) is 12.1 Å². The van der Waals surface area contributed by atoms with E-state index in [0.29, 0.717) is 19.8 Å². The minimum atomic E-state index is -1.60. The Bertz CT molecular complexity index is 296. The number of hydrogen-bond acceptors (Lipinski definition) is 6. The molecule has 0 aromatic rings. The summed E-state index contributed by atoms with van der Waals surface area (Å²) in [7, 11) is 0. The molecule has 0 aliphatic rings. The maximum Gasteiger partial charge on any atom is 0.244 e. The molecule has 0 aliphatic carbocycles. The molecular formula is C19H39NO5. The van der Waals surface area contributed by atoms with Gasteiger partial charge in [-0.25, -0.2) is 0 Å². The predicted molar refractivity (Wildman–Crippen MR) is 100 cm³/mol. The lowest BCUT2D eigenvalue weighted by Crippen LogP contribution is -2.50. The first kappa shape index (κ1) is 24.4. The third-order valence-corrected chi connectivity index (χ3v) is 4.22. The Balaban J connectivity index is 3.79. The van der Waals surface area contributed by atoms with E-state index in [1.807, 2.05) is 0 Å². The van der Waals surface area contributed by atoms with Crippen molar-refractivity contribution < 1.29 is 19.3 Å². The zero-order valence-corrected chi connectivity index (χ0v) is 16.5. The van der Waals surface area contributed by atoms with E-state index in [1.165, 1.54) is 51.4 Å². The maximum absolute atomic E-state index is 10.7. The van der Waals surface area contributed by atoms with Crippen LogP contribution >= 0.6 is 0 Å². The topological polar surface area (TPSA) is 77.3 Å². The van der Waals surface area contributed by atoms with Crippen LogP contribution in [0.25, 0.3) is 0 Å². The van der Waals surface area contributed by atoms with Crippen molar-refractivity contribution >= 4 is 0 Å². The van der Waals surface area contributed by atoms with Crippen LogP contribution in [0.3, 0.4) is 0 Å². The Morgan fingerprint density at radius 3 is 1.76 bits per heavy atom. The number of aliphatic hydroxyl groups excluding tert-OH is 1. The van der Waals surface area contributed by atoms with Gasteiger partial charge in [0.25, 0.3) is 0 Å². The van der Waals surface area contributed by atoms with Gasteiger partial charge >= 0.3 is 0 Å². The molecule has 1 unspecified atom stereocenters. The highest BCUT2D eigenvalue weighted by Gasteiger charge is 2.42. The second-order valence-corrected chi connectivity index (χ2v) is 6.39. The molecule has 25 heavy (non-hydrogen) atoms. The molecule has 0 amide bonds. The zero-order chi connectivity index (χ0) is 18.8. The van der Waals surface area contributed by atoms with Crippen LogP contribution in [-0.4, -0.2) is 43.5 Å². The Hall–Kier alpha value is -0.560. The smallest absolute Gasteiger partial charge is 0.244 e. The van der Waals surface area contributed by atoms with Crippen LogP contribution in [0.2, 0.25) is 0 Å². The summed E-state index contributed by atoms with van der Waals surface area (Å²) in [5, 5.41) is 12.4. The summed E-state index contributed by atoms with van der Waals surface area (Å²) in [6.07, 6.45) is 11.0. The minimum Gasteiger partial charge on any atom is -0.376 e. The van der Waals surface area contributed by atoms with E-state index in [9.17, 15) is 10.0 Å². The van der Waals surface area contributed by atoms with Gasteiger partial charge in [0.2, 0.25) is 12.0 Å². The van der Waals surface area contributed by atoms with E-state index in [0.717, 1.165) is 12.8 Å². The van der Waals surface area contributed by atoms with Gasteiger partial charge in [0, 0.05) is 19.8 Å². The fraction of sp³-hybridized carbons (Fsp3) is 1.00. The van der Waals surface area contributed by atoms with Gasteiger partial charge < -0.3 is 19.3 Å². The van der Waals surface area contributed by atoms with Gasteiger partial charge in [-0.1, -0.05) is 64.7 Å². The van der Waals surface area contributed by atoms with Gasteiger partial charge in [0.15, 0.2) is 0 Å². The monoisotopic (exact) mass is 361 g/mol. The molecule has 0 heterocycles. The highest BCUT2D eigenvalue weighted by atomic mass is 16.7.